The van der Waals surface area contributed by atoms with Crippen LogP contribution in [-0.4, -0.2) is 19.7 Å². The Bertz CT molecular complexity index is 1350. The smallest absolute Gasteiger partial charge is 0.175 e. The van der Waals surface area contributed by atoms with E-state index in [-0.39, 0.29) is 10.7 Å². The third-order valence-electron chi connectivity index (χ3n) is 4.55. The van der Waals surface area contributed by atoms with Gasteiger partial charge in [-0.1, -0.05) is 36.0 Å². The van der Waals surface area contributed by atoms with Gasteiger partial charge in [0.15, 0.2) is 14.2 Å². The zero-order valence-electron chi connectivity index (χ0n) is 16.7. The van der Waals surface area contributed by atoms with E-state index in [9.17, 15) is 21.6 Å². The molecule has 3 nitrogen and oxygen atoms in total. The fourth-order valence-corrected chi connectivity index (χ4v) is 5.79. The van der Waals surface area contributed by atoms with Crippen LogP contribution in [0.1, 0.15) is 5.56 Å². The highest BCUT2D eigenvalue weighted by Gasteiger charge is 2.17. The van der Waals surface area contributed by atoms with Gasteiger partial charge in [-0.3, -0.25) is 0 Å². The maximum atomic E-state index is 13.5. The van der Waals surface area contributed by atoms with E-state index < -0.39 is 21.5 Å². The van der Waals surface area contributed by atoms with Crippen molar-refractivity contribution in [3.05, 3.63) is 89.7 Å². The average Bonchev–Trinajstić information content (AvgIpc) is 3.16. The number of nitrogens with zero attached hydrogens (tertiary/aromatic N) is 1. The van der Waals surface area contributed by atoms with Gasteiger partial charge in [-0.15, -0.1) is 11.3 Å². The van der Waals surface area contributed by atoms with E-state index in [1.807, 2.05) is 0 Å². The Morgan fingerprint density at radius 2 is 1.44 bits per heavy atom. The van der Waals surface area contributed by atoms with Gasteiger partial charge in [0.1, 0.15) is 17.5 Å². The van der Waals surface area contributed by atoms with E-state index in [2.05, 4.69) is 4.98 Å². The minimum Gasteiger partial charge on any atom is -0.229 e. The Kier molecular flexibility index (Phi) is 6.41. The second kappa shape index (κ2) is 9.09. The summed E-state index contributed by atoms with van der Waals surface area (Å²) in [5, 5.41) is 0. The molecular weight excluding hydrogens is 475 g/mol. The van der Waals surface area contributed by atoms with Crippen LogP contribution in [0.5, 0.6) is 0 Å². The maximum absolute atomic E-state index is 13.5. The zero-order chi connectivity index (χ0) is 22.9. The quantitative estimate of drug-likeness (QED) is 0.286. The van der Waals surface area contributed by atoms with Gasteiger partial charge in [0.25, 0.3) is 0 Å². The SMILES string of the molecule is CS(=O)(=O)c1ccc(-c2nc(SCc3cc(F)cc(F)c3)sc2-c2ccc(F)cc2)cc1. The monoisotopic (exact) mass is 491 g/mol. The summed E-state index contributed by atoms with van der Waals surface area (Å²) < 4.78 is 64.6. The lowest BCUT2D eigenvalue weighted by atomic mass is 10.1. The Morgan fingerprint density at radius 1 is 0.844 bits per heavy atom. The van der Waals surface area contributed by atoms with Crippen molar-refractivity contribution in [3.8, 4) is 21.7 Å². The third kappa shape index (κ3) is 5.23. The molecule has 0 aliphatic rings. The lowest BCUT2D eigenvalue weighted by Crippen LogP contribution is -1.96. The van der Waals surface area contributed by atoms with Gasteiger partial charge < -0.3 is 0 Å². The fourth-order valence-electron chi connectivity index (χ4n) is 3.05. The molecule has 0 aliphatic heterocycles. The van der Waals surface area contributed by atoms with Gasteiger partial charge in [0, 0.05) is 23.6 Å². The van der Waals surface area contributed by atoms with Crippen molar-refractivity contribution < 1.29 is 21.6 Å². The van der Waals surface area contributed by atoms with Gasteiger partial charge in [0.2, 0.25) is 0 Å². The highest BCUT2D eigenvalue weighted by Crippen LogP contribution is 2.41. The minimum atomic E-state index is -3.33. The normalized spacial score (nSPS) is 11.6. The number of sulfone groups is 1. The lowest BCUT2D eigenvalue weighted by molar-refractivity contribution is 0.581. The Balaban J connectivity index is 1.70. The first-order valence-electron chi connectivity index (χ1n) is 9.34. The molecule has 0 fully saturated rings. The first kappa shape index (κ1) is 22.6. The van der Waals surface area contributed by atoms with Crippen LogP contribution >= 0.6 is 23.1 Å². The van der Waals surface area contributed by atoms with Crippen LogP contribution < -0.4 is 0 Å². The summed E-state index contributed by atoms with van der Waals surface area (Å²) in [5.74, 6) is -1.32. The molecule has 4 rings (SSSR count). The highest BCUT2D eigenvalue weighted by molar-refractivity contribution is 8.00. The lowest BCUT2D eigenvalue weighted by Gasteiger charge is -2.04. The summed E-state index contributed by atoms with van der Waals surface area (Å²) in [7, 11) is -3.33. The topological polar surface area (TPSA) is 47.0 Å². The van der Waals surface area contributed by atoms with E-state index in [0.717, 1.165) is 22.8 Å². The molecule has 3 aromatic carbocycles. The van der Waals surface area contributed by atoms with Crippen molar-refractivity contribution in [2.75, 3.05) is 6.26 Å². The van der Waals surface area contributed by atoms with Crippen molar-refractivity contribution >= 4 is 32.9 Å². The Morgan fingerprint density at radius 3 is 2.03 bits per heavy atom. The van der Waals surface area contributed by atoms with Crippen molar-refractivity contribution in [1.82, 2.24) is 4.98 Å². The van der Waals surface area contributed by atoms with Crippen molar-refractivity contribution in [2.45, 2.75) is 15.0 Å². The summed E-state index contributed by atoms with van der Waals surface area (Å²) in [4.78, 5) is 5.66. The van der Waals surface area contributed by atoms with Crippen LogP contribution in [0.15, 0.2) is 76.0 Å². The number of aromatic nitrogens is 1. The van der Waals surface area contributed by atoms with Crippen LogP contribution in [0.2, 0.25) is 0 Å². The van der Waals surface area contributed by atoms with Gasteiger partial charge >= 0.3 is 0 Å². The molecular formula is C23H16F3NO2S3. The van der Waals surface area contributed by atoms with Crippen molar-refractivity contribution in [2.24, 2.45) is 0 Å². The van der Waals surface area contributed by atoms with Crippen LogP contribution in [0.25, 0.3) is 21.7 Å². The van der Waals surface area contributed by atoms with Gasteiger partial charge in [-0.25, -0.2) is 26.6 Å². The van der Waals surface area contributed by atoms with E-state index in [0.29, 0.717) is 26.9 Å². The van der Waals surface area contributed by atoms with E-state index in [1.165, 1.54) is 59.5 Å². The van der Waals surface area contributed by atoms with E-state index >= 15 is 0 Å². The molecule has 0 radical (unpaired) electrons. The first-order valence-corrected chi connectivity index (χ1v) is 13.0. The first-order chi connectivity index (χ1) is 15.2. The molecule has 9 heteroatoms. The number of thioether (sulfide) groups is 1. The molecule has 0 aliphatic carbocycles. The maximum Gasteiger partial charge on any atom is 0.175 e. The molecule has 0 saturated heterocycles. The van der Waals surface area contributed by atoms with Crippen LogP contribution in [-0.2, 0) is 15.6 Å². The van der Waals surface area contributed by atoms with Crippen LogP contribution in [0.3, 0.4) is 0 Å². The van der Waals surface area contributed by atoms with Crippen LogP contribution in [0.4, 0.5) is 13.2 Å². The molecule has 32 heavy (non-hydrogen) atoms. The summed E-state index contributed by atoms with van der Waals surface area (Å²) >= 11 is 2.70. The zero-order valence-corrected chi connectivity index (χ0v) is 19.1. The van der Waals surface area contributed by atoms with Crippen LogP contribution in [0, 0.1) is 17.5 Å². The van der Waals surface area contributed by atoms with Crippen molar-refractivity contribution in [3.63, 3.8) is 0 Å². The number of halogens is 3. The number of hydrogen-bond donors (Lipinski definition) is 0. The average molecular weight is 492 g/mol. The number of hydrogen-bond acceptors (Lipinski definition) is 5. The van der Waals surface area contributed by atoms with Gasteiger partial charge in [0.05, 0.1) is 15.5 Å². The summed E-state index contributed by atoms with van der Waals surface area (Å²) in [5.41, 5.74) is 2.58. The predicted molar refractivity (Wildman–Crippen MR) is 122 cm³/mol. The summed E-state index contributed by atoms with van der Waals surface area (Å²) in [6.07, 6.45) is 1.14. The molecule has 0 spiro atoms. The highest BCUT2D eigenvalue weighted by atomic mass is 32.2. The molecule has 0 atom stereocenters. The van der Waals surface area contributed by atoms with Gasteiger partial charge in [-0.2, -0.15) is 0 Å². The molecule has 1 heterocycles. The molecule has 164 valence electrons. The Hall–Kier alpha value is -2.62. The fraction of sp³-hybridized carbons (Fsp3) is 0.0870. The molecule has 0 unspecified atom stereocenters. The second-order valence-electron chi connectivity index (χ2n) is 7.03. The largest absolute Gasteiger partial charge is 0.229 e. The molecule has 0 saturated carbocycles. The molecule has 4 aromatic rings. The van der Waals surface area contributed by atoms with E-state index in [4.69, 9.17) is 0 Å². The van der Waals surface area contributed by atoms with E-state index in [1.54, 1.807) is 24.3 Å². The van der Waals surface area contributed by atoms with Crippen molar-refractivity contribution in [1.29, 1.82) is 0 Å². The molecule has 0 N–H and O–H groups in total. The molecule has 0 amide bonds. The summed E-state index contributed by atoms with van der Waals surface area (Å²) in [6, 6.07) is 15.8. The number of benzene rings is 3. The predicted octanol–water partition coefficient (Wildman–Crippen LogP) is 6.59. The second-order valence-corrected chi connectivity index (χ2v) is 11.3. The molecule has 1 aromatic heterocycles. The summed E-state index contributed by atoms with van der Waals surface area (Å²) in [6.45, 7) is 0. The Labute approximate surface area is 191 Å². The minimum absolute atomic E-state index is 0.197. The molecule has 0 bridgehead atoms. The number of rotatable bonds is 6. The third-order valence-corrected chi connectivity index (χ3v) is 8.00. The van der Waals surface area contributed by atoms with Gasteiger partial charge in [-0.05, 0) is 47.5 Å². The standard InChI is InChI=1S/C23H16F3NO2S3/c1-32(28,29)20-8-4-15(5-9-20)21-22(16-2-6-17(24)7-3-16)31-23(27-21)30-13-14-10-18(25)12-19(26)11-14/h2-12H,13H2,1H3. The number of thiazole rings is 1.